The van der Waals surface area contributed by atoms with E-state index < -0.39 is 0 Å². The maximum absolute atomic E-state index is 5.97. The van der Waals surface area contributed by atoms with E-state index in [4.69, 9.17) is 9.47 Å². The van der Waals surface area contributed by atoms with Crippen LogP contribution in [0.2, 0.25) is 0 Å². The fourth-order valence-electron chi connectivity index (χ4n) is 2.65. The van der Waals surface area contributed by atoms with Gasteiger partial charge in [0.2, 0.25) is 5.88 Å². The van der Waals surface area contributed by atoms with Crippen molar-refractivity contribution in [2.75, 3.05) is 7.11 Å². The van der Waals surface area contributed by atoms with Gasteiger partial charge in [-0.05, 0) is 61.7 Å². The number of methoxy groups -OCH3 is 1. The number of thioether (sulfide) groups is 1. The molecule has 0 unspecified atom stereocenters. The maximum atomic E-state index is 5.97. The molecule has 0 saturated heterocycles. The van der Waals surface area contributed by atoms with Crippen molar-refractivity contribution in [2.45, 2.75) is 31.7 Å². The third-order valence-corrected chi connectivity index (χ3v) is 4.65. The predicted molar refractivity (Wildman–Crippen MR) is 105 cm³/mol. The molecule has 0 radical (unpaired) electrons. The Hall–Kier alpha value is -2.53. The van der Waals surface area contributed by atoms with Crippen LogP contribution in [0.15, 0.2) is 53.7 Å². The van der Waals surface area contributed by atoms with Crippen molar-refractivity contribution >= 4 is 11.8 Å². The number of ether oxygens (including phenoxy) is 2. The van der Waals surface area contributed by atoms with Gasteiger partial charge in [-0.2, -0.15) is 4.98 Å². The van der Waals surface area contributed by atoms with E-state index in [1.54, 1.807) is 18.9 Å². The zero-order valence-electron chi connectivity index (χ0n) is 15.4. The monoisotopic (exact) mass is 366 g/mol. The Morgan fingerprint density at radius 2 is 1.65 bits per heavy atom. The van der Waals surface area contributed by atoms with E-state index in [1.165, 1.54) is 11.1 Å². The molecule has 0 aliphatic carbocycles. The number of benzene rings is 2. The molecule has 0 bridgehead atoms. The van der Waals surface area contributed by atoms with Gasteiger partial charge in [0.25, 0.3) is 0 Å². The Morgan fingerprint density at radius 1 is 0.885 bits per heavy atom. The number of nitrogens with zero attached hydrogens (tertiary/aromatic N) is 2. The Bertz CT molecular complexity index is 892. The molecule has 0 amide bonds. The van der Waals surface area contributed by atoms with Crippen LogP contribution in [0.4, 0.5) is 0 Å². The van der Waals surface area contributed by atoms with Gasteiger partial charge in [0.15, 0.2) is 5.16 Å². The zero-order valence-corrected chi connectivity index (χ0v) is 16.3. The summed E-state index contributed by atoms with van der Waals surface area (Å²) in [6, 6.07) is 16.0. The Kier molecular flexibility index (Phi) is 5.78. The van der Waals surface area contributed by atoms with Crippen molar-refractivity contribution in [1.29, 1.82) is 0 Å². The lowest BCUT2D eigenvalue weighted by molar-refractivity contribution is 0.414. The minimum atomic E-state index is 0.565. The second-order valence-electron chi connectivity index (χ2n) is 6.20. The molecule has 134 valence electrons. The van der Waals surface area contributed by atoms with Gasteiger partial charge < -0.3 is 9.47 Å². The fraction of sp³-hybridized carbons (Fsp3) is 0.238. The molecule has 0 spiro atoms. The summed E-state index contributed by atoms with van der Waals surface area (Å²) in [5.41, 5.74) is 4.38. The smallest absolute Gasteiger partial charge is 0.223 e. The number of rotatable bonds is 6. The summed E-state index contributed by atoms with van der Waals surface area (Å²) in [5, 5.41) is 0.701. The van der Waals surface area contributed by atoms with Gasteiger partial charge in [0.1, 0.15) is 11.5 Å². The maximum Gasteiger partial charge on any atom is 0.223 e. The second kappa shape index (κ2) is 8.23. The van der Waals surface area contributed by atoms with E-state index in [9.17, 15) is 0 Å². The number of aromatic nitrogens is 2. The quantitative estimate of drug-likeness (QED) is 0.426. The summed E-state index contributed by atoms with van der Waals surface area (Å²) in [5.74, 6) is 2.98. The Morgan fingerprint density at radius 3 is 2.38 bits per heavy atom. The largest absolute Gasteiger partial charge is 0.497 e. The normalized spacial score (nSPS) is 10.6. The van der Waals surface area contributed by atoms with Gasteiger partial charge in [0.05, 0.1) is 7.11 Å². The number of hydrogen-bond donors (Lipinski definition) is 0. The minimum absolute atomic E-state index is 0.565. The molecule has 4 nitrogen and oxygen atoms in total. The van der Waals surface area contributed by atoms with Crippen LogP contribution in [0.5, 0.6) is 17.4 Å². The average Bonchev–Trinajstić information content (AvgIpc) is 2.59. The number of hydrogen-bond acceptors (Lipinski definition) is 5. The summed E-state index contributed by atoms with van der Waals surface area (Å²) in [4.78, 5) is 9.05. The summed E-state index contributed by atoms with van der Waals surface area (Å²) >= 11 is 1.58. The first kappa shape index (κ1) is 18.3. The standard InChI is InChI=1S/C21H22N2O2S/c1-14-8-15(2)10-19(9-14)25-20-11-16(3)22-21(23-20)26-13-17-6-5-7-18(12-17)24-4/h5-12H,13H2,1-4H3. The molecule has 2 aromatic carbocycles. The van der Waals surface area contributed by atoms with E-state index in [-0.39, 0.29) is 0 Å². The lowest BCUT2D eigenvalue weighted by Gasteiger charge is -2.09. The van der Waals surface area contributed by atoms with E-state index in [2.05, 4.69) is 35.9 Å². The van der Waals surface area contributed by atoms with Crippen molar-refractivity contribution in [1.82, 2.24) is 9.97 Å². The molecule has 0 aliphatic rings. The first-order chi connectivity index (χ1) is 12.5. The first-order valence-corrected chi connectivity index (χ1v) is 9.38. The Balaban J connectivity index is 1.74. The molecule has 0 aliphatic heterocycles. The molecule has 3 aromatic rings. The summed E-state index contributed by atoms with van der Waals surface area (Å²) in [7, 11) is 1.67. The zero-order chi connectivity index (χ0) is 18.5. The molecule has 0 fully saturated rings. The van der Waals surface area contributed by atoms with Crippen LogP contribution in [0, 0.1) is 20.8 Å². The molecular formula is C21H22N2O2S. The molecule has 0 N–H and O–H groups in total. The van der Waals surface area contributed by atoms with E-state index in [0.29, 0.717) is 11.0 Å². The van der Waals surface area contributed by atoms with Crippen LogP contribution in [0.3, 0.4) is 0 Å². The van der Waals surface area contributed by atoms with Crippen LogP contribution < -0.4 is 9.47 Å². The molecule has 3 rings (SSSR count). The highest BCUT2D eigenvalue weighted by molar-refractivity contribution is 7.98. The lowest BCUT2D eigenvalue weighted by Crippen LogP contribution is -1.96. The van der Waals surface area contributed by atoms with Crippen molar-refractivity contribution in [3.8, 4) is 17.4 Å². The summed E-state index contributed by atoms with van der Waals surface area (Å²) < 4.78 is 11.2. The molecule has 0 atom stereocenters. The van der Waals surface area contributed by atoms with Crippen LogP contribution in [-0.4, -0.2) is 17.1 Å². The second-order valence-corrected chi connectivity index (χ2v) is 7.14. The van der Waals surface area contributed by atoms with Gasteiger partial charge in [-0.15, -0.1) is 0 Å². The SMILES string of the molecule is COc1cccc(CSc2nc(C)cc(Oc3cc(C)cc(C)c3)n2)c1. The van der Waals surface area contributed by atoms with Crippen molar-refractivity contribution in [3.05, 3.63) is 70.9 Å². The Labute approximate surface area is 158 Å². The summed E-state index contributed by atoms with van der Waals surface area (Å²) in [6.07, 6.45) is 0. The molecular weight excluding hydrogens is 344 g/mol. The van der Waals surface area contributed by atoms with Crippen LogP contribution in [0.1, 0.15) is 22.4 Å². The van der Waals surface area contributed by atoms with Crippen molar-refractivity contribution in [3.63, 3.8) is 0 Å². The highest BCUT2D eigenvalue weighted by Crippen LogP contribution is 2.27. The van der Waals surface area contributed by atoms with Gasteiger partial charge in [-0.1, -0.05) is 30.0 Å². The minimum Gasteiger partial charge on any atom is -0.497 e. The molecule has 1 aromatic heterocycles. The molecule has 5 heteroatoms. The van der Waals surface area contributed by atoms with Gasteiger partial charge >= 0.3 is 0 Å². The molecule has 0 saturated carbocycles. The van der Waals surface area contributed by atoms with E-state index in [0.717, 1.165) is 28.5 Å². The highest BCUT2D eigenvalue weighted by atomic mass is 32.2. The topological polar surface area (TPSA) is 44.2 Å². The van der Waals surface area contributed by atoms with E-state index in [1.807, 2.05) is 43.3 Å². The lowest BCUT2D eigenvalue weighted by atomic mass is 10.1. The van der Waals surface area contributed by atoms with Crippen LogP contribution >= 0.6 is 11.8 Å². The van der Waals surface area contributed by atoms with Gasteiger partial charge in [0, 0.05) is 17.5 Å². The number of aryl methyl sites for hydroxylation is 3. The van der Waals surface area contributed by atoms with Crippen molar-refractivity contribution in [2.24, 2.45) is 0 Å². The third kappa shape index (κ3) is 4.99. The van der Waals surface area contributed by atoms with E-state index >= 15 is 0 Å². The average molecular weight is 366 g/mol. The van der Waals surface area contributed by atoms with Gasteiger partial charge in [-0.25, -0.2) is 4.98 Å². The molecule has 26 heavy (non-hydrogen) atoms. The van der Waals surface area contributed by atoms with Crippen LogP contribution in [0.25, 0.3) is 0 Å². The predicted octanol–water partition coefficient (Wildman–Crippen LogP) is 5.50. The first-order valence-electron chi connectivity index (χ1n) is 8.39. The fourth-order valence-corrected chi connectivity index (χ4v) is 3.49. The molecule has 1 heterocycles. The highest BCUT2D eigenvalue weighted by Gasteiger charge is 2.07. The van der Waals surface area contributed by atoms with Gasteiger partial charge in [-0.3, -0.25) is 0 Å². The summed E-state index contributed by atoms with van der Waals surface area (Å²) in [6.45, 7) is 6.06. The van der Waals surface area contributed by atoms with Crippen LogP contribution in [-0.2, 0) is 5.75 Å². The van der Waals surface area contributed by atoms with Crippen molar-refractivity contribution < 1.29 is 9.47 Å². The third-order valence-electron chi connectivity index (χ3n) is 3.73.